The number of carbonyl (C=O) groups excluding carboxylic acids is 2. The van der Waals surface area contributed by atoms with Gasteiger partial charge >= 0.3 is 18.3 Å². The molecule has 4 heterocycles. The van der Waals surface area contributed by atoms with E-state index >= 15 is 0 Å². The minimum atomic E-state index is -4.61. The Labute approximate surface area is 174 Å². The highest BCUT2D eigenvalue weighted by atomic mass is 19.4. The summed E-state index contributed by atoms with van der Waals surface area (Å²) in [5.74, 6) is 0. The molecule has 1 N–H and O–H groups in total. The van der Waals surface area contributed by atoms with Crippen LogP contribution in [0.4, 0.5) is 34.1 Å². The van der Waals surface area contributed by atoms with Crippen LogP contribution in [-0.4, -0.2) is 50.0 Å². The standard InChI is InChI=1S/C19H19F3N6O3/c1-11-8-28-14(13(7-24-28)27-10-18(3-4-18)31-17(27)30)9-26(11)16(29)25-12-2-5-23-15(6-12)19(20,21)22/h2,5-7,11H,3-4,8-10H2,1H3,(H,23,25,29)/t11-/m0/s1. The largest absolute Gasteiger partial charge is 0.441 e. The molecule has 2 aromatic rings. The monoisotopic (exact) mass is 436 g/mol. The van der Waals surface area contributed by atoms with Crippen LogP contribution in [0.1, 0.15) is 31.2 Å². The Hall–Kier alpha value is -3.31. The number of aromatic nitrogens is 3. The van der Waals surface area contributed by atoms with Crippen LogP contribution >= 0.6 is 0 Å². The van der Waals surface area contributed by atoms with Gasteiger partial charge in [0, 0.05) is 11.9 Å². The van der Waals surface area contributed by atoms with Gasteiger partial charge in [0.2, 0.25) is 0 Å². The Morgan fingerprint density at radius 2 is 2.13 bits per heavy atom. The van der Waals surface area contributed by atoms with E-state index < -0.39 is 29.6 Å². The second-order valence-corrected chi connectivity index (χ2v) is 8.13. The number of amides is 3. The Bertz CT molecular complexity index is 1060. The lowest BCUT2D eigenvalue weighted by atomic mass is 10.2. The summed E-state index contributed by atoms with van der Waals surface area (Å²) in [6.07, 6.45) is -0.794. The van der Waals surface area contributed by atoms with Gasteiger partial charge in [-0.3, -0.25) is 14.6 Å². The number of halogens is 3. The van der Waals surface area contributed by atoms with Gasteiger partial charge in [0.05, 0.1) is 43.3 Å². The molecule has 31 heavy (non-hydrogen) atoms. The second kappa shape index (κ2) is 6.59. The van der Waals surface area contributed by atoms with Gasteiger partial charge < -0.3 is 15.0 Å². The maximum Gasteiger partial charge on any atom is 0.433 e. The summed E-state index contributed by atoms with van der Waals surface area (Å²) in [7, 11) is 0. The zero-order valence-corrected chi connectivity index (χ0v) is 16.5. The smallest absolute Gasteiger partial charge is 0.433 e. The lowest BCUT2D eigenvalue weighted by Crippen LogP contribution is -2.47. The quantitative estimate of drug-likeness (QED) is 0.781. The van der Waals surface area contributed by atoms with Crippen LogP contribution in [0.3, 0.4) is 0 Å². The third kappa shape index (κ3) is 3.45. The summed E-state index contributed by atoms with van der Waals surface area (Å²) in [4.78, 5) is 31.5. The fraction of sp³-hybridized carbons (Fsp3) is 0.474. The van der Waals surface area contributed by atoms with E-state index in [1.54, 1.807) is 10.9 Å². The van der Waals surface area contributed by atoms with E-state index in [-0.39, 0.29) is 18.3 Å². The van der Waals surface area contributed by atoms with E-state index in [2.05, 4.69) is 15.4 Å². The highest BCUT2D eigenvalue weighted by Crippen LogP contribution is 2.46. The second-order valence-electron chi connectivity index (χ2n) is 8.13. The molecule has 0 unspecified atom stereocenters. The van der Waals surface area contributed by atoms with E-state index in [9.17, 15) is 22.8 Å². The number of carbonyl (C=O) groups is 2. The highest BCUT2D eigenvalue weighted by molar-refractivity contribution is 5.92. The molecule has 12 heteroatoms. The number of anilines is 2. The van der Waals surface area contributed by atoms with Crippen molar-refractivity contribution in [3.8, 4) is 0 Å². The molecule has 1 atom stereocenters. The molecule has 164 valence electrons. The number of nitrogens with one attached hydrogen (secondary N) is 1. The predicted molar refractivity (Wildman–Crippen MR) is 101 cm³/mol. The van der Waals surface area contributed by atoms with Gasteiger partial charge in [-0.2, -0.15) is 18.3 Å². The first kappa shape index (κ1) is 19.6. The summed E-state index contributed by atoms with van der Waals surface area (Å²) in [6, 6.07) is 1.28. The van der Waals surface area contributed by atoms with E-state index in [0.717, 1.165) is 25.1 Å². The molecule has 9 nitrogen and oxygen atoms in total. The van der Waals surface area contributed by atoms with E-state index in [1.807, 2.05) is 6.92 Å². The molecule has 1 saturated carbocycles. The Morgan fingerprint density at radius 1 is 1.35 bits per heavy atom. The molecule has 0 aromatic carbocycles. The van der Waals surface area contributed by atoms with Gasteiger partial charge in [0.25, 0.3) is 0 Å². The number of ether oxygens (including phenoxy) is 1. The SMILES string of the molecule is C[C@H]1Cn2ncc(N3CC4(CC4)OC3=O)c2CN1C(=O)Nc1ccnc(C(F)(F)F)c1. The van der Waals surface area contributed by atoms with Crippen molar-refractivity contribution >= 4 is 23.5 Å². The Morgan fingerprint density at radius 3 is 2.81 bits per heavy atom. The first-order chi connectivity index (χ1) is 14.7. The zero-order chi connectivity index (χ0) is 22.0. The molecule has 3 aliphatic rings. The van der Waals surface area contributed by atoms with Crippen molar-refractivity contribution in [3.63, 3.8) is 0 Å². The van der Waals surface area contributed by atoms with Crippen molar-refractivity contribution in [2.24, 2.45) is 0 Å². The number of nitrogens with zero attached hydrogens (tertiary/aromatic N) is 5. The Balaban J connectivity index is 1.35. The van der Waals surface area contributed by atoms with Crippen LogP contribution < -0.4 is 10.2 Å². The maximum atomic E-state index is 12.9. The molecule has 1 saturated heterocycles. The zero-order valence-electron chi connectivity index (χ0n) is 16.5. The number of rotatable bonds is 2. The third-order valence-corrected chi connectivity index (χ3v) is 5.85. The first-order valence-electron chi connectivity index (χ1n) is 9.81. The van der Waals surface area contributed by atoms with Crippen LogP contribution in [0.25, 0.3) is 0 Å². The Kier molecular flexibility index (Phi) is 4.18. The molecule has 1 aliphatic carbocycles. The number of hydrogen-bond acceptors (Lipinski definition) is 5. The van der Waals surface area contributed by atoms with Crippen LogP contribution in [-0.2, 0) is 24.0 Å². The number of pyridine rings is 1. The molecule has 2 fully saturated rings. The maximum absolute atomic E-state index is 12.9. The summed E-state index contributed by atoms with van der Waals surface area (Å²) >= 11 is 0. The highest BCUT2D eigenvalue weighted by Gasteiger charge is 2.55. The first-order valence-corrected chi connectivity index (χ1v) is 9.81. The lowest BCUT2D eigenvalue weighted by Gasteiger charge is -2.34. The summed E-state index contributed by atoms with van der Waals surface area (Å²) in [5, 5.41) is 6.86. The van der Waals surface area contributed by atoms with E-state index in [0.29, 0.717) is 24.5 Å². The van der Waals surface area contributed by atoms with Crippen LogP contribution in [0.5, 0.6) is 0 Å². The van der Waals surface area contributed by atoms with Crippen LogP contribution in [0.15, 0.2) is 24.5 Å². The average molecular weight is 436 g/mol. The molecule has 0 radical (unpaired) electrons. The van der Waals surface area contributed by atoms with E-state index in [4.69, 9.17) is 4.74 Å². The number of urea groups is 1. The molecule has 2 aromatic heterocycles. The topological polar surface area (TPSA) is 92.6 Å². The summed E-state index contributed by atoms with van der Waals surface area (Å²) < 4.78 is 45.9. The van der Waals surface area contributed by atoms with Gasteiger partial charge in [-0.25, -0.2) is 9.59 Å². The average Bonchev–Trinajstić information content (AvgIpc) is 3.20. The van der Waals surface area contributed by atoms with Crippen LogP contribution in [0.2, 0.25) is 0 Å². The third-order valence-electron chi connectivity index (χ3n) is 5.85. The fourth-order valence-corrected chi connectivity index (χ4v) is 3.95. The van der Waals surface area contributed by atoms with Gasteiger partial charge in [-0.05, 0) is 31.9 Å². The minimum absolute atomic E-state index is 0.00220. The van der Waals surface area contributed by atoms with Crippen molar-refractivity contribution < 1.29 is 27.5 Å². The predicted octanol–water partition coefficient (Wildman–Crippen LogP) is 3.22. The van der Waals surface area contributed by atoms with Crippen molar-refractivity contribution in [3.05, 3.63) is 35.9 Å². The summed E-state index contributed by atoms with van der Waals surface area (Å²) in [6.45, 7) is 2.81. The van der Waals surface area contributed by atoms with Crippen molar-refractivity contribution in [1.29, 1.82) is 0 Å². The molecular formula is C19H19F3N6O3. The molecular weight excluding hydrogens is 417 g/mol. The van der Waals surface area contributed by atoms with Gasteiger partial charge in [-0.1, -0.05) is 0 Å². The number of fused-ring (bicyclic) bond motifs is 1. The lowest BCUT2D eigenvalue weighted by molar-refractivity contribution is -0.141. The molecule has 2 aliphatic heterocycles. The normalized spacial score (nSPS) is 21.8. The van der Waals surface area contributed by atoms with Gasteiger partial charge in [0.1, 0.15) is 11.3 Å². The molecule has 3 amide bonds. The van der Waals surface area contributed by atoms with Crippen molar-refractivity contribution in [1.82, 2.24) is 19.7 Å². The van der Waals surface area contributed by atoms with Crippen LogP contribution in [0, 0.1) is 0 Å². The fourth-order valence-electron chi connectivity index (χ4n) is 3.95. The molecule has 5 rings (SSSR count). The van der Waals surface area contributed by atoms with Gasteiger partial charge in [-0.15, -0.1) is 0 Å². The summed E-state index contributed by atoms with van der Waals surface area (Å²) in [5.41, 5.74) is -0.227. The molecule has 1 spiro atoms. The molecule has 0 bridgehead atoms. The minimum Gasteiger partial charge on any atom is -0.441 e. The van der Waals surface area contributed by atoms with Crippen molar-refractivity contribution in [2.45, 2.75) is 50.7 Å². The number of alkyl halides is 3. The van der Waals surface area contributed by atoms with E-state index in [1.165, 1.54) is 15.9 Å². The van der Waals surface area contributed by atoms with Crippen molar-refractivity contribution in [2.75, 3.05) is 16.8 Å². The number of hydrogen-bond donors (Lipinski definition) is 1. The van der Waals surface area contributed by atoms with Gasteiger partial charge in [0.15, 0.2) is 0 Å².